The first kappa shape index (κ1) is 14.0. The van der Waals surface area contributed by atoms with E-state index in [1.807, 2.05) is 11.9 Å². The molecule has 0 spiro atoms. The van der Waals surface area contributed by atoms with Gasteiger partial charge in [0.25, 0.3) is 0 Å². The highest BCUT2D eigenvalue weighted by atomic mass is 16.5. The first-order valence-electron chi connectivity index (χ1n) is 8.60. The van der Waals surface area contributed by atoms with E-state index in [0.717, 1.165) is 24.3 Å². The van der Waals surface area contributed by atoms with Crippen molar-refractivity contribution in [3.05, 3.63) is 0 Å². The maximum atomic E-state index is 12.7. The molecule has 4 heteroatoms. The number of nitrogens with two attached hydrogens (primary N) is 1. The molecular weight excluding hydrogens is 264 g/mol. The summed E-state index contributed by atoms with van der Waals surface area (Å²) in [6.07, 6.45) is 9.03. The smallest absolute Gasteiger partial charge is 0.244 e. The Morgan fingerprint density at radius 3 is 2.24 bits per heavy atom. The van der Waals surface area contributed by atoms with Gasteiger partial charge in [-0.25, -0.2) is 0 Å². The number of carbonyl (C=O) groups excluding carboxylic acids is 1. The Kier molecular flexibility index (Phi) is 3.13. The third-order valence-corrected chi connectivity index (χ3v) is 6.56. The number of hydrogen-bond acceptors (Lipinski definition) is 3. The monoisotopic (exact) mass is 292 g/mol. The molecule has 1 heterocycles. The normalized spacial score (nSPS) is 47.8. The molecule has 0 aromatic rings. The molecule has 4 bridgehead atoms. The molecule has 0 radical (unpaired) electrons. The first-order chi connectivity index (χ1) is 9.98. The lowest BCUT2D eigenvalue weighted by molar-refractivity contribution is -0.141. The van der Waals surface area contributed by atoms with Gasteiger partial charge < -0.3 is 15.4 Å². The van der Waals surface area contributed by atoms with Gasteiger partial charge in [0.1, 0.15) is 5.54 Å². The van der Waals surface area contributed by atoms with Crippen molar-refractivity contribution in [2.24, 2.45) is 28.9 Å². The minimum Gasteiger partial charge on any atom is -0.379 e. The molecule has 5 rings (SSSR count). The van der Waals surface area contributed by atoms with Crippen molar-refractivity contribution in [3.8, 4) is 0 Å². The Labute approximate surface area is 127 Å². The predicted octanol–water partition coefficient (Wildman–Crippen LogP) is 1.78. The standard InChI is InChI=1S/C17H28N2O2/c1-19(15(20)17(18)2-3-21-11-17)10-16-7-12-4-13(8-16)6-14(5-12)9-16/h12-14H,2-11,18H2,1H3. The molecular formula is C17H28N2O2. The number of likely N-dealkylation sites (N-methyl/N-ethyl adjacent to an activating group) is 1. The summed E-state index contributed by atoms with van der Waals surface area (Å²) in [7, 11) is 1.95. The van der Waals surface area contributed by atoms with Crippen LogP contribution in [0.2, 0.25) is 0 Å². The van der Waals surface area contributed by atoms with Crippen LogP contribution < -0.4 is 5.73 Å². The molecule has 2 N–H and O–H groups in total. The van der Waals surface area contributed by atoms with Crippen LogP contribution in [0.25, 0.3) is 0 Å². The number of amides is 1. The van der Waals surface area contributed by atoms with Crippen LogP contribution in [0.1, 0.15) is 44.9 Å². The third-order valence-electron chi connectivity index (χ3n) is 6.56. The molecule has 1 amide bonds. The van der Waals surface area contributed by atoms with Crippen LogP contribution in [0, 0.1) is 23.2 Å². The zero-order valence-electron chi connectivity index (χ0n) is 13.1. The molecule has 21 heavy (non-hydrogen) atoms. The minimum atomic E-state index is -0.767. The predicted molar refractivity (Wildman–Crippen MR) is 80.6 cm³/mol. The summed E-state index contributed by atoms with van der Waals surface area (Å²) in [5.41, 5.74) is 5.89. The molecule has 1 aliphatic heterocycles. The molecule has 4 saturated carbocycles. The quantitative estimate of drug-likeness (QED) is 0.862. The molecule has 1 atom stereocenters. The van der Waals surface area contributed by atoms with Gasteiger partial charge in [0.05, 0.1) is 6.61 Å². The number of carbonyl (C=O) groups is 1. The van der Waals surface area contributed by atoms with Crippen LogP contribution in [-0.2, 0) is 9.53 Å². The van der Waals surface area contributed by atoms with Gasteiger partial charge in [-0.15, -0.1) is 0 Å². The Balaban J connectivity index is 1.47. The first-order valence-corrected chi connectivity index (χ1v) is 8.60. The average Bonchev–Trinajstić information content (AvgIpc) is 2.83. The van der Waals surface area contributed by atoms with Crippen molar-refractivity contribution in [1.29, 1.82) is 0 Å². The van der Waals surface area contributed by atoms with E-state index in [4.69, 9.17) is 10.5 Å². The van der Waals surface area contributed by atoms with Crippen molar-refractivity contribution in [2.45, 2.75) is 50.5 Å². The summed E-state index contributed by atoms with van der Waals surface area (Å²) in [6.45, 7) is 1.92. The van der Waals surface area contributed by atoms with Crippen LogP contribution in [0.5, 0.6) is 0 Å². The second kappa shape index (κ2) is 4.69. The SMILES string of the molecule is CN(CC12CC3CC(CC(C3)C1)C2)C(=O)C1(N)CCOC1. The molecule has 4 aliphatic carbocycles. The Morgan fingerprint density at radius 1 is 1.19 bits per heavy atom. The molecule has 0 aromatic carbocycles. The lowest BCUT2D eigenvalue weighted by atomic mass is 9.49. The molecule has 0 aromatic heterocycles. The Hall–Kier alpha value is -0.610. The van der Waals surface area contributed by atoms with Gasteiger partial charge in [0.2, 0.25) is 5.91 Å². The minimum absolute atomic E-state index is 0.0933. The van der Waals surface area contributed by atoms with E-state index in [1.54, 1.807) is 0 Å². The number of rotatable bonds is 3. The van der Waals surface area contributed by atoms with E-state index in [2.05, 4.69) is 0 Å². The van der Waals surface area contributed by atoms with Gasteiger partial charge in [-0.3, -0.25) is 4.79 Å². The second-order valence-electron chi connectivity index (χ2n) is 8.54. The fraction of sp³-hybridized carbons (Fsp3) is 0.941. The van der Waals surface area contributed by atoms with Crippen molar-refractivity contribution < 1.29 is 9.53 Å². The highest BCUT2D eigenvalue weighted by molar-refractivity contribution is 5.86. The number of nitrogens with zero attached hydrogens (tertiary/aromatic N) is 1. The Morgan fingerprint density at radius 2 is 1.76 bits per heavy atom. The van der Waals surface area contributed by atoms with Gasteiger partial charge in [-0.1, -0.05) is 0 Å². The van der Waals surface area contributed by atoms with Crippen LogP contribution in [0.3, 0.4) is 0 Å². The van der Waals surface area contributed by atoms with Gasteiger partial charge in [-0.2, -0.15) is 0 Å². The van der Waals surface area contributed by atoms with Gasteiger partial charge >= 0.3 is 0 Å². The van der Waals surface area contributed by atoms with Crippen molar-refractivity contribution in [1.82, 2.24) is 4.90 Å². The van der Waals surface area contributed by atoms with Crippen molar-refractivity contribution in [2.75, 3.05) is 26.8 Å². The molecule has 1 saturated heterocycles. The Bertz CT molecular complexity index is 407. The van der Waals surface area contributed by atoms with Crippen molar-refractivity contribution >= 4 is 5.91 Å². The lowest BCUT2D eigenvalue weighted by Gasteiger charge is -2.57. The summed E-state index contributed by atoms with van der Waals surface area (Å²) in [5, 5.41) is 0. The van der Waals surface area contributed by atoms with Gasteiger partial charge in [0.15, 0.2) is 0 Å². The second-order valence-corrected chi connectivity index (χ2v) is 8.54. The molecule has 5 fully saturated rings. The van der Waals surface area contributed by atoms with Crippen molar-refractivity contribution in [3.63, 3.8) is 0 Å². The van der Waals surface area contributed by atoms with E-state index in [1.165, 1.54) is 38.5 Å². The summed E-state index contributed by atoms with van der Waals surface area (Å²) < 4.78 is 5.35. The fourth-order valence-corrected chi connectivity index (χ4v) is 6.19. The maximum absolute atomic E-state index is 12.7. The van der Waals surface area contributed by atoms with Gasteiger partial charge in [0, 0.05) is 20.2 Å². The maximum Gasteiger partial charge on any atom is 0.244 e. The van der Waals surface area contributed by atoms with E-state index in [-0.39, 0.29) is 5.91 Å². The van der Waals surface area contributed by atoms with E-state index in [9.17, 15) is 4.79 Å². The number of hydrogen-bond donors (Lipinski definition) is 1. The van der Waals surface area contributed by atoms with E-state index >= 15 is 0 Å². The van der Waals surface area contributed by atoms with Crippen LogP contribution >= 0.6 is 0 Å². The van der Waals surface area contributed by atoms with E-state index in [0.29, 0.717) is 25.0 Å². The summed E-state index contributed by atoms with van der Waals surface area (Å²) in [5.74, 6) is 2.89. The lowest BCUT2D eigenvalue weighted by Crippen LogP contribution is -2.58. The zero-order valence-corrected chi connectivity index (χ0v) is 13.1. The highest BCUT2D eigenvalue weighted by Crippen LogP contribution is 2.60. The summed E-state index contributed by atoms with van der Waals surface area (Å²) >= 11 is 0. The molecule has 4 nitrogen and oxygen atoms in total. The number of ether oxygens (including phenoxy) is 1. The van der Waals surface area contributed by atoms with Crippen LogP contribution in [0.4, 0.5) is 0 Å². The van der Waals surface area contributed by atoms with Crippen LogP contribution in [0.15, 0.2) is 0 Å². The summed E-state index contributed by atoms with van der Waals surface area (Å²) in [4.78, 5) is 14.6. The highest BCUT2D eigenvalue weighted by Gasteiger charge is 2.52. The van der Waals surface area contributed by atoms with Gasteiger partial charge in [-0.05, 0) is 68.1 Å². The summed E-state index contributed by atoms with van der Waals surface area (Å²) in [6, 6.07) is 0. The molecule has 5 aliphatic rings. The molecule has 1 unspecified atom stereocenters. The largest absolute Gasteiger partial charge is 0.379 e. The average molecular weight is 292 g/mol. The molecule has 118 valence electrons. The fourth-order valence-electron chi connectivity index (χ4n) is 6.19. The van der Waals surface area contributed by atoms with Crippen LogP contribution in [-0.4, -0.2) is 43.2 Å². The van der Waals surface area contributed by atoms with E-state index < -0.39 is 5.54 Å². The third kappa shape index (κ3) is 2.31. The zero-order chi connectivity index (χ0) is 14.7. The topological polar surface area (TPSA) is 55.6 Å².